The fourth-order valence-corrected chi connectivity index (χ4v) is 3.83. The number of aromatic nitrogens is 4. The Morgan fingerprint density at radius 1 is 1.29 bits per heavy atom. The van der Waals surface area contributed by atoms with Crippen molar-refractivity contribution < 1.29 is 42.5 Å². The topological polar surface area (TPSA) is 198 Å². The summed E-state index contributed by atoms with van der Waals surface area (Å²) in [5, 5.41) is 7.06. The van der Waals surface area contributed by atoms with Crippen molar-refractivity contribution in [2.45, 2.75) is 31.7 Å². The molecular formula is C12H19N5O9P2. The van der Waals surface area contributed by atoms with Gasteiger partial charge in [0.05, 0.1) is 18.9 Å². The summed E-state index contributed by atoms with van der Waals surface area (Å²) in [7, 11) is -8.02. The van der Waals surface area contributed by atoms with Crippen LogP contribution in [0.2, 0.25) is 0 Å². The van der Waals surface area contributed by atoms with Gasteiger partial charge in [-0.15, -0.1) is 0 Å². The van der Waals surface area contributed by atoms with Crippen molar-refractivity contribution >= 4 is 27.2 Å². The molecule has 1 saturated heterocycles. The molecule has 14 nitrogen and oxygen atoms in total. The van der Waals surface area contributed by atoms with E-state index >= 15 is 0 Å². The molecule has 0 aliphatic carbocycles. The summed E-state index contributed by atoms with van der Waals surface area (Å²) in [6.45, 7) is 1.06. The first-order valence-corrected chi connectivity index (χ1v) is 11.0. The van der Waals surface area contributed by atoms with Crippen LogP contribution in [0.4, 0.5) is 5.95 Å². The summed E-state index contributed by atoms with van der Waals surface area (Å²) in [5.41, 5.74) is 0.910. The Bertz CT molecular complexity index is 956. The predicted octanol–water partition coefficient (Wildman–Crippen LogP) is -0.108. The zero-order valence-electron chi connectivity index (χ0n) is 14.7. The molecule has 2 aromatic heterocycles. The van der Waals surface area contributed by atoms with E-state index in [2.05, 4.69) is 24.9 Å². The lowest BCUT2D eigenvalue weighted by Crippen LogP contribution is -2.28. The second kappa shape index (κ2) is 7.75. The highest BCUT2D eigenvalue weighted by Crippen LogP contribution is 2.46. The lowest BCUT2D eigenvalue weighted by molar-refractivity contribution is -0.0214. The predicted molar refractivity (Wildman–Crippen MR) is 92.2 cm³/mol. The van der Waals surface area contributed by atoms with Gasteiger partial charge in [-0.25, -0.2) is 14.1 Å². The number of nitrogens with zero attached hydrogens (tertiary/aromatic N) is 4. The summed E-state index contributed by atoms with van der Waals surface area (Å²) in [4.78, 5) is 44.5. The van der Waals surface area contributed by atoms with Crippen LogP contribution in [-0.2, 0) is 22.9 Å². The van der Waals surface area contributed by atoms with Crippen molar-refractivity contribution in [1.82, 2.24) is 19.6 Å². The van der Waals surface area contributed by atoms with E-state index in [-0.39, 0.29) is 6.42 Å². The number of nitrogens with one attached hydrogen (secondary N) is 1. The molecule has 28 heavy (non-hydrogen) atoms. The molecule has 3 heterocycles. The van der Waals surface area contributed by atoms with E-state index in [0.717, 1.165) is 0 Å². The molecule has 0 bridgehead atoms. The van der Waals surface area contributed by atoms with Crippen LogP contribution in [-0.4, -0.2) is 65.0 Å². The van der Waals surface area contributed by atoms with Crippen LogP contribution in [0.1, 0.15) is 23.9 Å². The molecule has 0 aromatic carbocycles. The van der Waals surface area contributed by atoms with Gasteiger partial charge in [0.2, 0.25) is 5.95 Å². The molecule has 1 aliphatic rings. The van der Waals surface area contributed by atoms with Gasteiger partial charge in [-0.1, -0.05) is 0 Å². The highest BCUT2D eigenvalue weighted by molar-refractivity contribution is 7.46. The number of fused-ring (bicyclic) bond motifs is 1. The standard InChI is InChI=1S/C12H19N5O9P2/c1-6-15-11-7(4-14-17(11)12(13-2)16-6)8-3-9(26-28(21,22)23)10(25-8)5-24-27(18,19)20/h4,8-10H,3,5H2,1-2H3,(H,13,15,16)(H2,18,19,20)(H2,21,22,23)/t8-,9+,10?/m1/s1. The highest BCUT2D eigenvalue weighted by Gasteiger charge is 2.42. The third-order valence-electron chi connectivity index (χ3n) is 3.96. The van der Waals surface area contributed by atoms with Gasteiger partial charge in [0.1, 0.15) is 18.0 Å². The lowest BCUT2D eigenvalue weighted by atomic mass is 10.1. The number of ether oxygens (including phenoxy) is 1. The van der Waals surface area contributed by atoms with Crippen LogP contribution in [0.3, 0.4) is 0 Å². The van der Waals surface area contributed by atoms with Gasteiger partial charge in [-0.3, -0.25) is 9.05 Å². The summed E-state index contributed by atoms with van der Waals surface area (Å²) in [5.74, 6) is 0.886. The number of hydrogen-bond acceptors (Lipinski definition) is 9. The Hall–Kier alpha value is -1.47. The maximum Gasteiger partial charge on any atom is 0.469 e. The zero-order chi connectivity index (χ0) is 20.7. The van der Waals surface area contributed by atoms with E-state index < -0.39 is 40.6 Å². The minimum absolute atomic E-state index is 0.0143. The molecule has 0 radical (unpaired) electrons. The van der Waals surface area contributed by atoms with Crippen LogP contribution in [0.5, 0.6) is 0 Å². The van der Waals surface area contributed by atoms with E-state index in [0.29, 0.717) is 23.0 Å². The summed E-state index contributed by atoms with van der Waals surface area (Å²) in [6, 6.07) is 0. The average Bonchev–Trinajstić information content (AvgIpc) is 3.13. The smallest absolute Gasteiger partial charge is 0.365 e. The monoisotopic (exact) mass is 439 g/mol. The fraction of sp³-hybridized carbons (Fsp3) is 0.583. The maximum absolute atomic E-state index is 11.2. The normalized spacial score (nSPS) is 23.4. The second-order valence-corrected chi connectivity index (χ2v) is 8.43. The summed E-state index contributed by atoms with van der Waals surface area (Å²) < 4.78 is 38.5. The number of hydrogen-bond donors (Lipinski definition) is 5. The fourth-order valence-electron chi connectivity index (χ4n) is 2.91. The number of phosphoric acid groups is 2. The molecule has 5 N–H and O–H groups in total. The van der Waals surface area contributed by atoms with Crippen molar-refractivity contribution in [3.63, 3.8) is 0 Å². The van der Waals surface area contributed by atoms with E-state index in [1.165, 1.54) is 10.7 Å². The van der Waals surface area contributed by atoms with Crippen molar-refractivity contribution in [2.24, 2.45) is 0 Å². The first kappa shape index (κ1) is 21.2. The van der Waals surface area contributed by atoms with Gasteiger partial charge >= 0.3 is 15.6 Å². The number of anilines is 1. The van der Waals surface area contributed by atoms with Crippen molar-refractivity contribution in [3.05, 3.63) is 17.6 Å². The minimum atomic E-state index is -4.87. The van der Waals surface area contributed by atoms with E-state index in [9.17, 15) is 9.13 Å². The molecule has 1 unspecified atom stereocenters. The van der Waals surface area contributed by atoms with Crippen LogP contribution in [0, 0.1) is 6.92 Å². The Balaban J connectivity index is 1.90. The molecule has 16 heteroatoms. The van der Waals surface area contributed by atoms with Gasteiger partial charge in [-0.05, 0) is 6.92 Å². The quantitative estimate of drug-likeness (QED) is 0.359. The molecule has 3 atom stereocenters. The summed E-state index contributed by atoms with van der Waals surface area (Å²) >= 11 is 0. The molecule has 1 aliphatic heterocycles. The van der Waals surface area contributed by atoms with Crippen molar-refractivity contribution in [3.8, 4) is 0 Å². The Kier molecular flexibility index (Phi) is 5.88. The number of aryl methyl sites for hydroxylation is 1. The first-order valence-electron chi connectivity index (χ1n) is 7.96. The Morgan fingerprint density at radius 2 is 2.00 bits per heavy atom. The molecular weight excluding hydrogens is 420 g/mol. The molecule has 0 saturated carbocycles. The number of phosphoric ester groups is 2. The highest BCUT2D eigenvalue weighted by atomic mass is 31.2. The van der Waals surface area contributed by atoms with Crippen molar-refractivity contribution in [2.75, 3.05) is 19.0 Å². The largest absolute Gasteiger partial charge is 0.469 e. The van der Waals surface area contributed by atoms with E-state index in [1.807, 2.05) is 0 Å². The molecule has 1 fully saturated rings. The van der Waals surface area contributed by atoms with E-state index in [4.69, 9.17) is 28.8 Å². The average molecular weight is 439 g/mol. The molecule has 3 rings (SSSR count). The van der Waals surface area contributed by atoms with Crippen LogP contribution >= 0.6 is 15.6 Å². The molecule has 156 valence electrons. The Labute approximate surface area is 158 Å². The van der Waals surface area contributed by atoms with Crippen LogP contribution < -0.4 is 5.32 Å². The van der Waals surface area contributed by atoms with Gasteiger partial charge in [0.15, 0.2) is 5.65 Å². The molecule has 2 aromatic rings. The third kappa shape index (κ3) is 4.92. The van der Waals surface area contributed by atoms with Gasteiger partial charge < -0.3 is 29.6 Å². The van der Waals surface area contributed by atoms with Gasteiger partial charge in [0, 0.05) is 19.0 Å². The maximum atomic E-state index is 11.2. The zero-order valence-corrected chi connectivity index (χ0v) is 16.5. The van der Waals surface area contributed by atoms with Crippen LogP contribution in [0.15, 0.2) is 6.20 Å². The van der Waals surface area contributed by atoms with Gasteiger partial charge in [0.25, 0.3) is 0 Å². The number of rotatable bonds is 7. The van der Waals surface area contributed by atoms with Crippen LogP contribution in [0.25, 0.3) is 5.65 Å². The third-order valence-corrected chi connectivity index (χ3v) is 4.99. The molecule has 0 spiro atoms. The SMILES string of the molecule is CNc1nc(C)nc2c([C@H]3C[C@H](OP(=O)(O)O)C(COP(=O)(O)O)O3)cnn12. The molecule has 0 amide bonds. The van der Waals surface area contributed by atoms with Gasteiger partial charge in [-0.2, -0.15) is 14.6 Å². The lowest BCUT2D eigenvalue weighted by Gasteiger charge is -2.19. The summed E-state index contributed by atoms with van der Waals surface area (Å²) in [6.07, 6.45) is -1.60. The van der Waals surface area contributed by atoms with E-state index in [1.54, 1.807) is 14.0 Å². The Morgan fingerprint density at radius 3 is 2.61 bits per heavy atom. The first-order chi connectivity index (χ1) is 13.0. The van der Waals surface area contributed by atoms with Crippen molar-refractivity contribution in [1.29, 1.82) is 0 Å². The minimum Gasteiger partial charge on any atom is -0.365 e. The second-order valence-electron chi connectivity index (χ2n) is 6.00.